The summed E-state index contributed by atoms with van der Waals surface area (Å²) < 4.78 is 0. The molecular formula is C20H17N. The molecule has 0 saturated carbocycles. The lowest BCUT2D eigenvalue weighted by molar-refractivity contribution is 1.42. The minimum atomic E-state index is 0.975. The molecule has 0 radical (unpaired) electrons. The zero-order chi connectivity index (χ0) is 14.5. The number of aryl methyl sites for hydroxylation is 1. The van der Waals surface area contributed by atoms with Crippen LogP contribution in [-0.4, -0.2) is 5.71 Å². The van der Waals surface area contributed by atoms with Crippen molar-refractivity contribution in [3.63, 3.8) is 0 Å². The zero-order valence-electron chi connectivity index (χ0n) is 12.0. The Hall–Kier alpha value is -2.67. The van der Waals surface area contributed by atoms with Crippen molar-refractivity contribution >= 4 is 11.4 Å². The summed E-state index contributed by atoms with van der Waals surface area (Å²) in [5, 5.41) is 0. The van der Waals surface area contributed by atoms with E-state index in [1.807, 2.05) is 36.4 Å². The van der Waals surface area contributed by atoms with Gasteiger partial charge in [0, 0.05) is 11.1 Å². The van der Waals surface area contributed by atoms with Gasteiger partial charge in [-0.15, -0.1) is 0 Å². The highest BCUT2D eigenvalue weighted by molar-refractivity contribution is 6.13. The van der Waals surface area contributed by atoms with E-state index in [9.17, 15) is 0 Å². The van der Waals surface area contributed by atoms with Gasteiger partial charge < -0.3 is 0 Å². The molecule has 0 saturated heterocycles. The average molecular weight is 271 g/mol. The van der Waals surface area contributed by atoms with Crippen molar-refractivity contribution in [2.75, 3.05) is 0 Å². The van der Waals surface area contributed by atoms with Crippen LogP contribution < -0.4 is 0 Å². The van der Waals surface area contributed by atoms with Crippen LogP contribution in [0, 0.1) is 6.92 Å². The topological polar surface area (TPSA) is 12.4 Å². The molecule has 1 heteroatoms. The molecule has 0 N–H and O–H groups in total. The van der Waals surface area contributed by atoms with Crippen LogP contribution in [0.4, 0.5) is 5.69 Å². The van der Waals surface area contributed by atoms with Gasteiger partial charge in [-0.2, -0.15) is 0 Å². The van der Waals surface area contributed by atoms with E-state index in [-0.39, 0.29) is 0 Å². The maximum Gasteiger partial charge on any atom is 0.0781 e. The Balaban J connectivity index is 2.10. The molecule has 0 bridgehead atoms. The number of benzene rings is 3. The number of nitrogens with zero attached hydrogens (tertiary/aromatic N) is 1. The Labute approximate surface area is 125 Å². The Morgan fingerprint density at radius 2 is 1.10 bits per heavy atom. The minimum absolute atomic E-state index is 0.975. The highest BCUT2D eigenvalue weighted by atomic mass is 14.7. The smallest absolute Gasteiger partial charge is 0.0781 e. The first kappa shape index (κ1) is 13.3. The largest absolute Gasteiger partial charge is 0.248 e. The van der Waals surface area contributed by atoms with Gasteiger partial charge in [0.05, 0.1) is 11.4 Å². The van der Waals surface area contributed by atoms with Crippen molar-refractivity contribution in [1.29, 1.82) is 0 Å². The van der Waals surface area contributed by atoms with Crippen LogP contribution in [0.2, 0.25) is 0 Å². The van der Waals surface area contributed by atoms with E-state index in [4.69, 9.17) is 4.99 Å². The van der Waals surface area contributed by atoms with Crippen LogP contribution in [0.1, 0.15) is 16.7 Å². The van der Waals surface area contributed by atoms with Gasteiger partial charge in [-0.05, 0) is 19.1 Å². The summed E-state index contributed by atoms with van der Waals surface area (Å²) in [5.74, 6) is 0. The molecule has 0 aliphatic heterocycles. The lowest BCUT2D eigenvalue weighted by atomic mass is 10.0. The van der Waals surface area contributed by atoms with E-state index >= 15 is 0 Å². The molecule has 0 amide bonds. The summed E-state index contributed by atoms with van der Waals surface area (Å²) in [6.45, 7) is 2.09. The third-order valence-corrected chi connectivity index (χ3v) is 3.37. The fraction of sp³-hybridized carbons (Fsp3) is 0.0500. The molecule has 0 fully saturated rings. The average Bonchev–Trinajstić information content (AvgIpc) is 2.56. The molecule has 0 aliphatic rings. The van der Waals surface area contributed by atoms with E-state index in [2.05, 4.69) is 55.5 Å². The van der Waals surface area contributed by atoms with Crippen LogP contribution in [-0.2, 0) is 0 Å². The predicted octanol–water partition coefficient (Wildman–Crippen LogP) is 5.16. The van der Waals surface area contributed by atoms with Gasteiger partial charge in [0.1, 0.15) is 0 Å². The van der Waals surface area contributed by atoms with E-state index in [0.717, 1.165) is 22.5 Å². The normalized spacial score (nSPS) is 10.1. The van der Waals surface area contributed by atoms with Gasteiger partial charge in [-0.3, -0.25) is 0 Å². The number of hydrogen-bond acceptors (Lipinski definition) is 1. The molecule has 0 unspecified atom stereocenters. The summed E-state index contributed by atoms with van der Waals surface area (Å²) in [6, 6.07) is 28.9. The zero-order valence-corrected chi connectivity index (χ0v) is 12.0. The Kier molecular flexibility index (Phi) is 3.92. The first-order chi connectivity index (χ1) is 10.3. The molecule has 3 aromatic carbocycles. The molecule has 3 rings (SSSR count). The molecule has 0 heterocycles. The second kappa shape index (κ2) is 6.19. The standard InChI is InChI=1S/C20H17N/c1-16-12-14-19(15-13-16)21-20(17-8-4-2-5-9-17)18-10-6-3-7-11-18/h2-15H,1H3. The van der Waals surface area contributed by atoms with Crippen LogP contribution >= 0.6 is 0 Å². The molecular weight excluding hydrogens is 254 g/mol. The molecule has 0 atom stereocenters. The van der Waals surface area contributed by atoms with Gasteiger partial charge in [-0.1, -0.05) is 78.4 Å². The number of rotatable bonds is 3. The lowest BCUT2D eigenvalue weighted by Gasteiger charge is -2.07. The second-order valence-corrected chi connectivity index (χ2v) is 5.03. The van der Waals surface area contributed by atoms with E-state index in [1.54, 1.807) is 0 Å². The van der Waals surface area contributed by atoms with Gasteiger partial charge in [0.25, 0.3) is 0 Å². The molecule has 3 aromatic rings. The van der Waals surface area contributed by atoms with Crippen molar-refractivity contribution in [2.24, 2.45) is 4.99 Å². The van der Waals surface area contributed by atoms with Crippen molar-refractivity contribution < 1.29 is 0 Å². The van der Waals surface area contributed by atoms with Gasteiger partial charge in [0.15, 0.2) is 0 Å². The second-order valence-electron chi connectivity index (χ2n) is 5.03. The van der Waals surface area contributed by atoms with E-state index in [1.165, 1.54) is 5.56 Å². The first-order valence-corrected chi connectivity index (χ1v) is 7.09. The Morgan fingerprint density at radius 3 is 1.57 bits per heavy atom. The van der Waals surface area contributed by atoms with Crippen LogP contribution in [0.3, 0.4) is 0 Å². The summed E-state index contributed by atoms with van der Waals surface area (Å²) in [7, 11) is 0. The molecule has 0 aliphatic carbocycles. The van der Waals surface area contributed by atoms with Gasteiger partial charge >= 0.3 is 0 Å². The monoisotopic (exact) mass is 271 g/mol. The van der Waals surface area contributed by atoms with Crippen LogP contribution in [0.5, 0.6) is 0 Å². The van der Waals surface area contributed by atoms with Crippen molar-refractivity contribution in [1.82, 2.24) is 0 Å². The van der Waals surface area contributed by atoms with E-state index in [0.29, 0.717) is 0 Å². The minimum Gasteiger partial charge on any atom is -0.248 e. The molecule has 1 nitrogen and oxygen atoms in total. The summed E-state index contributed by atoms with van der Waals surface area (Å²) >= 11 is 0. The SMILES string of the molecule is Cc1ccc(N=C(c2ccccc2)c2ccccc2)cc1. The summed E-state index contributed by atoms with van der Waals surface area (Å²) in [6.07, 6.45) is 0. The summed E-state index contributed by atoms with van der Waals surface area (Å²) in [5.41, 5.74) is 5.48. The molecule has 102 valence electrons. The van der Waals surface area contributed by atoms with Crippen molar-refractivity contribution in [2.45, 2.75) is 6.92 Å². The first-order valence-electron chi connectivity index (χ1n) is 7.09. The Morgan fingerprint density at radius 1 is 0.619 bits per heavy atom. The number of hydrogen-bond donors (Lipinski definition) is 0. The fourth-order valence-corrected chi connectivity index (χ4v) is 2.24. The van der Waals surface area contributed by atoms with Crippen molar-refractivity contribution in [3.05, 3.63) is 102 Å². The van der Waals surface area contributed by atoms with Crippen LogP contribution in [0.15, 0.2) is 89.9 Å². The van der Waals surface area contributed by atoms with E-state index < -0.39 is 0 Å². The lowest BCUT2D eigenvalue weighted by Crippen LogP contribution is -2.02. The molecule has 0 aromatic heterocycles. The highest BCUT2D eigenvalue weighted by Gasteiger charge is 2.06. The molecule has 0 spiro atoms. The third kappa shape index (κ3) is 3.26. The van der Waals surface area contributed by atoms with Gasteiger partial charge in [0.2, 0.25) is 0 Å². The third-order valence-electron chi connectivity index (χ3n) is 3.37. The quantitative estimate of drug-likeness (QED) is 0.583. The van der Waals surface area contributed by atoms with Crippen molar-refractivity contribution in [3.8, 4) is 0 Å². The molecule has 21 heavy (non-hydrogen) atoms. The maximum atomic E-state index is 4.86. The highest BCUT2D eigenvalue weighted by Crippen LogP contribution is 2.18. The Bertz CT molecular complexity index is 684. The number of aliphatic imine (C=N–C) groups is 1. The van der Waals surface area contributed by atoms with Crippen LogP contribution in [0.25, 0.3) is 0 Å². The predicted molar refractivity (Wildman–Crippen MR) is 89.4 cm³/mol. The summed E-state index contributed by atoms with van der Waals surface area (Å²) in [4.78, 5) is 4.86. The maximum absolute atomic E-state index is 4.86. The van der Waals surface area contributed by atoms with Gasteiger partial charge in [-0.25, -0.2) is 4.99 Å². The fourth-order valence-electron chi connectivity index (χ4n) is 2.24.